The Bertz CT molecular complexity index is 284. The predicted octanol–water partition coefficient (Wildman–Crippen LogP) is 3.08. The monoisotopic (exact) mass is 266 g/mol. The van der Waals surface area contributed by atoms with Gasteiger partial charge in [-0.3, -0.25) is 4.79 Å². The molecule has 1 saturated carbocycles. The van der Waals surface area contributed by atoms with Gasteiger partial charge in [-0.1, -0.05) is 25.7 Å². The summed E-state index contributed by atoms with van der Waals surface area (Å²) >= 11 is 0. The van der Waals surface area contributed by atoms with Gasteiger partial charge in [-0.15, -0.1) is 0 Å². The van der Waals surface area contributed by atoms with Crippen LogP contribution in [0.3, 0.4) is 0 Å². The molecule has 2 aliphatic rings. The predicted molar refractivity (Wildman–Crippen MR) is 78.8 cm³/mol. The van der Waals surface area contributed by atoms with Crippen molar-refractivity contribution in [3.63, 3.8) is 0 Å². The molecule has 0 bridgehead atoms. The van der Waals surface area contributed by atoms with Gasteiger partial charge in [0, 0.05) is 25.0 Å². The summed E-state index contributed by atoms with van der Waals surface area (Å²) in [7, 11) is 0. The molecule has 1 amide bonds. The molecule has 0 radical (unpaired) electrons. The molecule has 3 heteroatoms. The van der Waals surface area contributed by atoms with Crippen LogP contribution in [0.2, 0.25) is 0 Å². The van der Waals surface area contributed by atoms with Gasteiger partial charge < -0.3 is 10.6 Å². The van der Waals surface area contributed by atoms with Crippen molar-refractivity contribution in [3.05, 3.63) is 0 Å². The summed E-state index contributed by atoms with van der Waals surface area (Å²) in [5.41, 5.74) is 6.03. The minimum absolute atomic E-state index is 0.110. The van der Waals surface area contributed by atoms with Crippen molar-refractivity contribution in [1.29, 1.82) is 0 Å². The zero-order valence-corrected chi connectivity index (χ0v) is 12.4. The van der Waals surface area contributed by atoms with Crippen LogP contribution in [0.1, 0.15) is 71.1 Å². The molecule has 19 heavy (non-hydrogen) atoms. The van der Waals surface area contributed by atoms with Crippen molar-refractivity contribution in [2.24, 2.45) is 11.7 Å². The molecule has 1 aliphatic carbocycles. The largest absolute Gasteiger partial charge is 0.338 e. The maximum atomic E-state index is 12.4. The lowest BCUT2D eigenvalue weighted by Gasteiger charge is -2.38. The summed E-state index contributed by atoms with van der Waals surface area (Å²) in [6.45, 7) is 2.96. The first kappa shape index (κ1) is 14.8. The number of rotatable bonds is 5. The summed E-state index contributed by atoms with van der Waals surface area (Å²) in [6, 6.07) is 0.395. The van der Waals surface area contributed by atoms with Crippen LogP contribution in [0.5, 0.6) is 0 Å². The molecular weight excluding hydrogens is 236 g/mol. The van der Waals surface area contributed by atoms with Crippen LogP contribution >= 0.6 is 0 Å². The van der Waals surface area contributed by atoms with Gasteiger partial charge in [0.25, 0.3) is 0 Å². The highest BCUT2D eigenvalue weighted by Gasteiger charge is 2.28. The highest BCUT2D eigenvalue weighted by atomic mass is 16.2. The minimum atomic E-state index is 0.110. The number of carbonyl (C=O) groups excluding carboxylic acids is 1. The van der Waals surface area contributed by atoms with E-state index in [0.717, 1.165) is 38.1 Å². The van der Waals surface area contributed by atoms with Crippen LogP contribution in [0.15, 0.2) is 0 Å². The van der Waals surface area contributed by atoms with Gasteiger partial charge in [-0.25, -0.2) is 0 Å². The van der Waals surface area contributed by atoms with Gasteiger partial charge in [0.2, 0.25) is 5.91 Å². The Kier molecular flexibility index (Phi) is 5.68. The number of piperidine rings is 1. The zero-order chi connectivity index (χ0) is 13.7. The Morgan fingerprint density at radius 3 is 2.58 bits per heavy atom. The van der Waals surface area contributed by atoms with Gasteiger partial charge in [0.1, 0.15) is 0 Å². The molecule has 110 valence electrons. The van der Waals surface area contributed by atoms with E-state index < -0.39 is 0 Å². The summed E-state index contributed by atoms with van der Waals surface area (Å²) in [5.74, 6) is 1.25. The third-order valence-electron chi connectivity index (χ3n) is 4.95. The molecule has 1 saturated heterocycles. The maximum absolute atomic E-state index is 12.4. The Morgan fingerprint density at radius 2 is 1.89 bits per heavy atom. The zero-order valence-electron chi connectivity index (χ0n) is 12.4. The molecule has 0 aromatic heterocycles. The fourth-order valence-electron chi connectivity index (χ4n) is 3.80. The smallest absolute Gasteiger partial charge is 0.222 e. The highest BCUT2D eigenvalue weighted by Crippen LogP contribution is 2.29. The van der Waals surface area contributed by atoms with Crippen LogP contribution in [0.25, 0.3) is 0 Å². The third-order valence-corrected chi connectivity index (χ3v) is 4.95. The Balaban J connectivity index is 1.74. The number of hydrogen-bond donors (Lipinski definition) is 1. The van der Waals surface area contributed by atoms with E-state index in [4.69, 9.17) is 5.73 Å². The quantitative estimate of drug-likeness (QED) is 0.831. The average Bonchev–Trinajstić information content (AvgIpc) is 2.91. The van der Waals surface area contributed by atoms with E-state index in [0.29, 0.717) is 5.91 Å². The van der Waals surface area contributed by atoms with Gasteiger partial charge in [0.15, 0.2) is 0 Å². The van der Waals surface area contributed by atoms with Crippen molar-refractivity contribution >= 4 is 5.91 Å². The topological polar surface area (TPSA) is 46.3 Å². The van der Waals surface area contributed by atoms with Crippen LogP contribution in [0, 0.1) is 5.92 Å². The SMILES string of the molecule is CC(N)C1CCCCN1C(=O)CCCC1CCCC1. The fraction of sp³-hybridized carbons (Fsp3) is 0.938. The first-order chi connectivity index (χ1) is 9.18. The van der Waals surface area contributed by atoms with E-state index in [1.807, 2.05) is 6.92 Å². The second kappa shape index (κ2) is 7.28. The van der Waals surface area contributed by atoms with Crippen LogP contribution in [-0.4, -0.2) is 29.4 Å². The number of nitrogens with two attached hydrogens (primary N) is 1. The second-order valence-corrected chi connectivity index (χ2v) is 6.55. The molecule has 2 unspecified atom stereocenters. The number of nitrogens with zero attached hydrogens (tertiary/aromatic N) is 1. The number of carbonyl (C=O) groups is 1. The molecule has 0 spiro atoms. The molecule has 3 nitrogen and oxygen atoms in total. The van der Waals surface area contributed by atoms with Gasteiger partial charge >= 0.3 is 0 Å². The van der Waals surface area contributed by atoms with E-state index in [-0.39, 0.29) is 12.1 Å². The van der Waals surface area contributed by atoms with Crippen molar-refractivity contribution in [3.8, 4) is 0 Å². The van der Waals surface area contributed by atoms with E-state index >= 15 is 0 Å². The minimum Gasteiger partial charge on any atom is -0.338 e. The van der Waals surface area contributed by atoms with Crippen molar-refractivity contribution in [2.45, 2.75) is 83.2 Å². The van der Waals surface area contributed by atoms with Crippen LogP contribution in [0.4, 0.5) is 0 Å². The summed E-state index contributed by atoms with van der Waals surface area (Å²) in [4.78, 5) is 14.4. The molecule has 2 fully saturated rings. The van der Waals surface area contributed by atoms with Crippen molar-refractivity contribution in [2.75, 3.05) is 6.54 Å². The third kappa shape index (κ3) is 4.20. The van der Waals surface area contributed by atoms with Gasteiger partial charge in [0.05, 0.1) is 0 Å². The van der Waals surface area contributed by atoms with Crippen molar-refractivity contribution < 1.29 is 4.79 Å². The number of hydrogen-bond acceptors (Lipinski definition) is 2. The van der Waals surface area contributed by atoms with E-state index in [1.165, 1.54) is 38.5 Å². The average molecular weight is 266 g/mol. The molecule has 1 aliphatic heterocycles. The number of amides is 1. The second-order valence-electron chi connectivity index (χ2n) is 6.55. The Hall–Kier alpha value is -0.570. The molecule has 2 atom stereocenters. The molecule has 0 aromatic carbocycles. The molecular formula is C16H30N2O. The maximum Gasteiger partial charge on any atom is 0.222 e. The first-order valence-electron chi connectivity index (χ1n) is 8.23. The molecule has 0 aromatic rings. The summed E-state index contributed by atoms with van der Waals surface area (Å²) in [6.07, 6.45) is 12.1. The van der Waals surface area contributed by atoms with E-state index in [9.17, 15) is 4.79 Å². The molecule has 1 heterocycles. The molecule has 2 rings (SSSR count). The number of likely N-dealkylation sites (tertiary alicyclic amines) is 1. The van der Waals surface area contributed by atoms with E-state index in [2.05, 4.69) is 4.90 Å². The highest BCUT2D eigenvalue weighted by molar-refractivity contribution is 5.76. The Morgan fingerprint density at radius 1 is 1.21 bits per heavy atom. The standard InChI is InChI=1S/C16H30N2O/c1-13(17)15-10-4-5-12-18(15)16(19)11-6-9-14-7-2-3-8-14/h13-15H,2-12,17H2,1H3. The van der Waals surface area contributed by atoms with Gasteiger partial charge in [-0.2, -0.15) is 0 Å². The lowest BCUT2D eigenvalue weighted by Crippen LogP contribution is -2.51. The lowest BCUT2D eigenvalue weighted by atomic mass is 9.95. The fourth-order valence-corrected chi connectivity index (χ4v) is 3.80. The van der Waals surface area contributed by atoms with Gasteiger partial charge in [-0.05, 0) is 44.9 Å². The normalized spacial score (nSPS) is 26.6. The summed E-state index contributed by atoms with van der Waals surface area (Å²) in [5, 5.41) is 0. The summed E-state index contributed by atoms with van der Waals surface area (Å²) < 4.78 is 0. The van der Waals surface area contributed by atoms with Crippen molar-refractivity contribution in [1.82, 2.24) is 4.90 Å². The Labute approximate surface area is 117 Å². The molecule has 2 N–H and O–H groups in total. The van der Waals surface area contributed by atoms with E-state index in [1.54, 1.807) is 0 Å². The lowest BCUT2D eigenvalue weighted by molar-refractivity contribution is -0.135. The first-order valence-corrected chi connectivity index (χ1v) is 8.23. The van der Waals surface area contributed by atoms with Crippen LogP contribution in [-0.2, 0) is 4.79 Å². The van der Waals surface area contributed by atoms with Crippen LogP contribution < -0.4 is 5.73 Å².